The molecule has 2 rings (SSSR count). The molecular formula is C24H40NO2PS. The lowest BCUT2D eigenvalue weighted by Gasteiger charge is -2.28. The van der Waals surface area contributed by atoms with Crippen molar-refractivity contribution in [1.82, 2.24) is 4.98 Å². The molecule has 0 bridgehead atoms. The Balaban J connectivity index is 0.000000304. The van der Waals surface area contributed by atoms with Gasteiger partial charge in [0, 0.05) is 7.26 Å². The van der Waals surface area contributed by atoms with E-state index in [0.717, 1.165) is 16.0 Å². The van der Waals surface area contributed by atoms with Crippen LogP contribution in [0.3, 0.4) is 0 Å². The minimum atomic E-state index is -1.21. The Morgan fingerprint density at radius 1 is 0.862 bits per heavy atom. The van der Waals surface area contributed by atoms with Gasteiger partial charge in [0.05, 0.1) is 34.9 Å². The highest BCUT2D eigenvalue weighted by molar-refractivity contribution is 7.75. The zero-order valence-electron chi connectivity index (χ0n) is 18.9. The highest BCUT2D eigenvalue weighted by atomic mass is 32.1. The van der Waals surface area contributed by atoms with E-state index in [1.54, 1.807) is 30.7 Å². The number of carboxylic acid groups (broad SMARTS) is 1. The molecule has 1 aromatic heterocycles. The molecular weight excluding hydrogens is 397 g/mol. The Kier molecular flexibility index (Phi) is 13.4. The summed E-state index contributed by atoms with van der Waals surface area (Å²) >= 11 is 1.13. The molecule has 2 aromatic rings. The molecule has 3 nitrogen and oxygen atoms in total. The first-order valence-corrected chi connectivity index (χ1v) is 14.8. The average molecular weight is 438 g/mol. The Hall–Kier alpha value is -0.990. The molecule has 0 atom stereocenters. The Bertz CT molecular complexity index is 630. The first kappa shape index (κ1) is 26.0. The number of aromatic carboxylic acids is 1. The van der Waals surface area contributed by atoms with Crippen molar-refractivity contribution >= 4 is 34.8 Å². The molecule has 0 spiro atoms. The fourth-order valence-corrected chi connectivity index (χ4v) is 9.69. The molecule has 0 aliphatic rings. The lowest BCUT2D eigenvalue weighted by molar-refractivity contribution is -0.255. The Morgan fingerprint density at radius 3 is 1.69 bits per heavy atom. The summed E-state index contributed by atoms with van der Waals surface area (Å²) in [6.07, 6.45) is 17.9. The van der Waals surface area contributed by atoms with Gasteiger partial charge in [-0.15, -0.1) is 11.3 Å². The highest BCUT2D eigenvalue weighted by Crippen LogP contribution is 2.61. The molecule has 1 heterocycles. The van der Waals surface area contributed by atoms with E-state index in [9.17, 15) is 9.90 Å². The van der Waals surface area contributed by atoms with Gasteiger partial charge >= 0.3 is 0 Å². The summed E-state index contributed by atoms with van der Waals surface area (Å²) in [5.74, 6) is -1.21. The third kappa shape index (κ3) is 9.57. The number of thiazole rings is 1. The highest BCUT2D eigenvalue weighted by Gasteiger charge is 2.34. The molecule has 0 unspecified atom stereocenters. The maximum atomic E-state index is 10.4. The van der Waals surface area contributed by atoms with E-state index in [1.807, 2.05) is 18.2 Å². The molecule has 1 aromatic carbocycles. The van der Waals surface area contributed by atoms with Crippen molar-refractivity contribution in [2.24, 2.45) is 0 Å². The number of unbranched alkanes of at least 4 members (excludes halogenated alkanes) is 4. The third-order valence-corrected chi connectivity index (χ3v) is 11.5. The molecule has 0 saturated heterocycles. The van der Waals surface area contributed by atoms with Crippen LogP contribution in [-0.2, 0) is 0 Å². The average Bonchev–Trinajstić information content (AvgIpc) is 3.18. The molecule has 0 radical (unpaired) electrons. The van der Waals surface area contributed by atoms with Crippen LogP contribution in [0.2, 0.25) is 0 Å². The van der Waals surface area contributed by atoms with Gasteiger partial charge in [-0.05, 0) is 37.8 Å². The van der Waals surface area contributed by atoms with E-state index < -0.39 is 13.2 Å². The van der Waals surface area contributed by atoms with Crippen LogP contribution in [-0.4, -0.2) is 35.6 Å². The number of para-hydroxylation sites is 1. The number of rotatable bonds is 13. The van der Waals surface area contributed by atoms with E-state index in [0.29, 0.717) is 5.52 Å². The van der Waals surface area contributed by atoms with Crippen molar-refractivity contribution in [1.29, 1.82) is 0 Å². The second-order valence-corrected chi connectivity index (χ2v) is 13.4. The molecule has 0 amide bonds. The molecule has 29 heavy (non-hydrogen) atoms. The summed E-state index contributed by atoms with van der Waals surface area (Å²) in [6, 6.07) is 7.28. The summed E-state index contributed by atoms with van der Waals surface area (Å²) in [6.45, 7) is 9.42. The normalized spacial score (nSPS) is 11.3. The summed E-state index contributed by atoms with van der Waals surface area (Å²) in [4.78, 5) is 14.3. The van der Waals surface area contributed by atoms with E-state index in [4.69, 9.17) is 0 Å². The number of hydrogen-bond acceptors (Lipinski definition) is 4. The van der Waals surface area contributed by atoms with Crippen LogP contribution >= 0.6 is 18.6 Å². The standard InChI is InChI=1S/C16H36P.C8H5NO2S/c1-5-9-13-17(14-10-6-2,15-11-7-3)16-12-8-4;10-8(11)7-9-5-3-1-2-4-6(5)12-7/h5-16H2,1-4H3;1-4H,(H,10,11)/q+1;/p-1. The van der Waals surface area contributed by atoms with Crippen LogP contribution in [0.4, 0.5) is 0 Å². The van der Waals surface area contributed by atoms with Crippen LogP contribution in [0.5, 0.6) is 0 Å². The summed E-state index contributed by atoms with van der Waals surface area (Å²) < 4.78 is 0.872. The SMILES string of the molecule is CCCC[P+](CCCC)(CCCC)CCCC.O=C([O-])c1nc2ccccc2s1. The fourth-order valence-electron chi connectivity index (χ4n) is 3.60. The maximum absolute atomic E-state index is 10.4. The zero-order chi connectivity index (χ0) is 21.5. The number of hydrogen-bond donors (Lipinski definition) is 0. The topological polar surface area (TPSA) is 53.0 Å². The van der Waals surface area contributed by atoms with Gasteiger partial charge in [-0.2, -0.15) is 0 Å². The summed E-state index contributed by atoms with van der Waals surface area (Å²) in [5, 5.41) is 10.4. The van der Waals surface area contributed by atoms with Gasteiger partial charge in [-0.3, -0.25) is 0 Å². The van der Waals surface area contributed by atoms with Crippen LogP contribution in [0.15, 0.2) is 24.3 Å². The molecule has 0 N–H and O–H groups in total. The quantitative estimate of drug-likeness (QED) is 0.321. The summed E-state index contributed by atoms with van der Waals surface area (Å²) in [5.41, 5.74) is 0.710. The third-order valence-electron chi connectivity index (χ3n) is 5.41. The van der Waals surface area contributed by atoms with Crippen LogP contribution in [0.1, 0.15) is 88.9 Å². The van der Waals surface area contributed by atoms with E-state index in [-0.39, 0.29) is 5.01 Å². The molecule has 0 fully saturated rings. The lowest BCUT2D eigenvalue weighted by Crippen LogP contribution is -2.21. The van der Waals surface area contributed by atoms with E-state index in [2.05, 4.69) is 32.7 Å². The van der Waals surface area contributed by atoms with Crippen molar-refractivity contribution < 1.29 is 9.90 Å². The number of fused-ring (bicyclic) bond motifs is 1. The number of nitrogens with zero attached hydrogens (tertiary/aromatic N) is 1. The Labute approximate surface area is 182 Å². The number of carboxylic acids is 1. The van der Waals surface area contributed by atoms with Gasteiger partial charge in [0.25, 0.3) is 0 Å². The number of carbonyl (C=O) groups excluding carboxylic acids is 1. The molecule has 5 heteroatoms. The predicted molar refractivity (Wildman–Crippen MR) is 130 cm³/mol. The maximum Gasteiger partial charge on any atom is 0.140 e. The zero-order valence-corrected chi connectivity index (χ0v) is 20.6. The molecule has 0 aliphatic carbocycles. The second-order valence-electron chi connectivity index (χ2n) is 7.92. The van der Waals surface area contributed by atoms with Crippen LogP contribution in [0.25, 0.3) is 10.2 Å². The number of aromatic nitrogens is 1. The van der Waals surface area contributed by atoms with Gasteiger partial charge in [0.15, 0.2) is 0 Å². The van der Waals surface area contributed by atoms with Crippen molar-refractivity contribution in [3.05, 3.63) is 29.3 Å². The van der Waals surface area contributed by atoms with Gasteiger partial charge in [0.1, 0.15) is 11.0 Å². The first-order chi connectivity index (χ1) is 14.0. The fraction of sp³-hybridized carbons (Fsp3) is 0.667. The van der Waals surface area contributed by atoms with Crippen molar-refractivity contribution in [2.45, 2.75) is 79.1 Å². The largest absolute Gasteiger partial charge is 0.542 e. The smallest absolute Gasteiger partial charge is 0.140 e. The van der Waals surface area contributed by atoms with Crippen molar-refractivity contribution in [3.63, 3.8) is 0 Å². The predicted octanol–water partition coefficient (Wildman–Crippen LogP) is 6.86. The van der Waals surface area contributed by atoms with Crippen LogP contribution in [0, 0.1) is 0 Å². The molecule has 164 valence electrons. The number of benzene rings is 1. The number of carbonyl (C=O) groups is 1. The van der Waals surface area contributed by atoms with Crippen molar-refractivity contribution in [2.75, 3.05) is 24.6 Å². The minimum Gasteiger partial charge on any atom is -0.542 e. The molecule has 0 aliphatic heterocycles. The Morgan fingerprint density at radius 2 is 1.31 bits per heavy atom. The minimum absolute atomic E-state index is 0.0381. The summed E-state index contributed by atoms with van der Waals surface area (Å²) in [7, 11) is -0.562. The van der Waals surface area contributed by atoms with Gasteiger partial charge in [-0.25, -0.2) is 4.98 Å². The van der Waals surface area contributed by atoms with E-state index in [1.165, 1.54) is 51.4 Å². The van der Waals surface area contributed by atoms with Gasteiger partial charge < -0.3 is 9.90 Å². The van der Waals surface area contributed by atoms with E-state index >= 15 is 0 Å². The first-order valence-electron chi connectivity index (χ1n) is 11.4. The monoisotopic (exact) mass is 437 g/mol. The van der Waals surface area contributed by atoms with Gasteiger partial charge in [-0.1, -0.05) is 65.5 Å². The van der Waals surface area contributed by atoms with Crippen molar-refractivity contribution in [3.8, 4) is 0 Å². The lowest BCUT2D eigenvalue weighted by atomic mass is 10.3. The molecule has 0 saturated carbocycles. The van der Waals surface area contributed by atoms with Gasteiger partial charge in [0.2, 0.25) is 0 Å². The van der Waals surface area contributed by atoms with Crippen LogP contribution < -0.4 is 5.11 Å². The second kappa shape index (κ2) is 14.9.